The normalized spacial score (nSPS) is 13.3. The maximum atomic E-state index is 12.5. The van der Waals surface area contributed by atoms with Gasteiger partial charge in [0.2, 0.25) is 0 Å². The summed E-state index contributed by atoms with van der Waals surface area (Å²) < 4.78 is 0. The summed E-state index contributed by atoms with van der Waals surface area (Å²) in [5, 5.41) is 22.3. The number of hydrogen-bond acceptors (Lipinski definition) is 6. The lowest BCUT2D eigenvalue weighted by molar-refractivity contribution is -0.384. The predicted octanol–water partition coefficient (Wildman–Crippen LogP) is 3.90. The highest BCUT2D eigenvalue weighted by molar-refractivity contribution is 6.04. The number of benzene rings is 2. The Bertz CT molecular complexity index is 1050. The maximum Gasteiger partial charge on any atom is 0.270 e. The number of rotatable bonds is 5. The quantitative estimate of drug-likeness (QED) is 0.524. The number of nitrogens with one attached hydrogen (secondary N) is 1. The van der Waals surface area contributed by atoms with Crippen molar-refractivity contribution in [2.75, 3.05) is 23.3 Å². The fourth-order valence-corrected chi connectivity index (χ4v) is 3.31. The molecule has 3 aromatic rings. The lowest BCUT2D eigenvalue weighted by Crippen LogP contribution is -2.19. The van der Waals surface area contributed by atoms with Crippen molar-refractivity contribution in [2.45, 2.75) is 12.8 Å². The van der Waals surface area contributed by atoms with Crippen LogP contribution < -0.4 is 10.2 Å². The fourth-order valence-electron chi connectivity index (χ4n) is 3.31. The number of nitro benzene ring substituents is 1. The Balaban J connectivity index is 1.50. The number of amides is 1. The molecule has 0 saturated carbocycles. The van der Waals surface area contributed by atoms with Gasteiger partial charge in [0.15, 0.2) is 5.82 Å². The first-order valence-electron chi connectivity index (χ1n) is 9.35. The summed E-state index contributed by atoms with van der Waals surface area (Å²) >= 11 is 0. The molecular weight excluding hydrogens is 370 g/mol. The Labute approximate surface area is 167 Å². The van der Waals surface area contributed by atoms with Crippen LogP contribution in [-0.2, 0) is 0 Å². The molecule has 1 aliphatic heterocycles. The van der Waals surface area contributed by atoms with Crippen LogP contribution >= 0.6 is 0 Å². The first kappa shape index (κ1) is 18.5. The zero-order valence-electron chi connectivity index (χ0n) is 15.6. The van der Waals surface area contributed by atoms with Gasteiger partial charge < -0.3 is 10.2 Å². The number of carbonyl (C=O) groups is 1. The Hall–Kier alpha value is -3.81. The highest BCUT2D eigenvalue weighted by Gasteiger charge is 2.15. The van der Waals surface area contributed by atoms with Crippen molar-refractivity contribution in [1.82, 2.24) is 10.2 Å². The average molecular weight is 389 g/mol. The Morgan fingerprint density at radius 3 is 2.52 bits per heavy atom. The largest absolute Gasteiger partial charge is 0.355 e. The molecule has 0 radical (unpaired) electrons. The van der Waals surface area contributed by atoms with Crippen molar-refractivity contribution in [3.8, 4) is 11.3 Å². The zero-order valence-corrected chi connectivity index (χ0v) is 15.6. The lowest BCUT2D eigenvalue weighted by atomic mass is 10.1. The maximum absolute atomic E-state index is 12.5. The Morgan fingerprint density at radius 2 is 1.79 bits per heavy atom. The molecule has 1 fully saturated rings. The number of aromatic nitrogens is 2. The summed E-state index contributed by atoms with van der Waals surface area (Å²) in [6.07, 6.45) is 2.35. The molecular formula is C21H19N5O3. The monoisotopic (exact) mass is 389 g/mol. The molecule has 0 bridgehead atoms. The van der Waals surface area contributed by atoms with Gasteiger partial charge in [-0.25, -0.2) is 0 Å². The van der Waals surface area contributed by atoms with E-state index in [4.69, 9.17) is 0 Å². The van der Waals surface area contributed by atoms with Crippen molar-refractivity contribution in [1.29, 1.82) is 0 Å². The molecule has 2 aromatic carbocycles. The highest BCUT2D eigenvalue weighted by atomic mass is 16.6. The van der Waals surface area contributed by atoms with Crippen molar-refractivity contribution < 1.29 is 9.72 Å². The summed E-state index contributed by atoms with van der Waals surface area (Å²) in [7, 11) is 0. The van der Waals surface area contributed by atoms with Gasteiger partial charge in [-0.3, -0.25) is 14.9 Å². The van der Waals surface area contributed by atoms with E-state index >= 15 is 0 Å². The minimum absolute atomic E-state index is 0.125. The topological polar surface area (TPSA) is 101 Å². The molecule has 2 heterocycles. The van der Waals surface area contributed by atoms with Gasteiger partial charge in [-0.05, 0) is 43.2 Å². The van der Waals surface area contributed by atoms with Gasteiger partial charge in [0.25, 0.3) is 11.6 Å². The molecule has 1 saturated heterocycles. The molecule has 1 N–H and O–H groups in total. The van der Waals surface area contributed by atoms with E-state index in [9.17, 15) is 14.9 Å². The van der Waals surface area contributed by atoms with Gasteiger partial charge in [-0.1, -0.05) is 18.2 Å². The highest BCUT2D eigenvalue weighted by Crippen LogP contribution is 2.24. The number of nitrogens with zero attached hydrogens (tertiary/aromatic N) is 4. The van der Waals surface area contributed by atoms with Gasteiger partial charge in [0.05, 0.1) is 10.6 Å². The minimum Gasteiger partial charge on any atom is -0.355 e. The van der Waals surface area contributed by atoms with E-state index in [0.29, 0.717) is 11.4 Å². The van der Waals surface area contributed by atoms with Crippen molar-refractivity contribution in [3.05, 3.63) is 76.3 Å². The summed E-state index contributed by atoms with van der Waals surface area (Å²) in [6, 6.07) is 16.8. The molecule has 29 heavy (non-hydrogen) atoms. The molecule has 0 unspecified atom stereocenters. The summed E-state index contributed by atoms with van der Waals surface area (Å²) in [5.41, 5.74) is 2.20. The van der Waals surface area contributed by atoms with Crippen LogP contribution in [0, 0.1) is 10.1 Å². The van der Waals surface area contributed by atoms with Crippen molar-refractivity contribution in [2.24, 2.45) is 0 Å². The first-order valence-corrected chi connectivity index (χ1v) is 9.35. The van der Waals surface area contributed by atoms with Crippen LogP contribution in [0.2, 0.25) is 0 Å². The van der Waals surface area contributed by atoms with Gasteiger partial charge in [-0.15, -0.1) is 10.2 Å². The molecule has 1 aromatic heterocycles. The van der Waals surface area contributed by atoms with Gasteiger partial charge >= 0.3 is 0 Å². The van der Waals surface area contributed by atoms with E-state index in [-0.39, 0.29) is 11.3 Å². The summed E-state index contributed by atoms with van der Waals surface area (Å²) in [6.45, 7) is 2.01. The van der Waals surface area contributed by atoms with E-state index < -0.39 is 10.8 Å². The van der Waals surface area contributed by atoms with Crippen LogP contribution in [0.15, 0.2) is 60.7 Å². The average Bonchev–Trinajstić information content (AvgIpc) is 3.29. The number of non-ortho nitro benzene ring substituents is 1. The van der Waals surface area contributed by atoms with Crippen LogP contribution in [0.25, 0.3) is 11.3 Å². The predicted molar refractivity (Wildman–Crippen MR) is 110 cm³/mol. The van der Waals surface area contributed by atoms with E-state index in [0.717, 1.165) is 24.5 Å². The molecule has 8 heteroatoms. The second-order valence-corrected chi connectivity index (χ2v) is 6.81. The molecule has 4 rings (SSSR count). The fraction of sp³-hybridized carbons (Fsp3) is 0.190. The van der Waals surface area contributed by atoms with Crippen molar-refractivity contribution >= 4 is 23.1 Å². The van der Waals surface area contributed by atoms with Gasteiger partial charge in [0, 0.05) is 42.0 Å². The third-order valence-corrected chi connectivity index (χ3v) is 4.82. The van der Waals surface area contributed by atoms with E-state index in [1.165, 1.54) is 37.1 Å². The number of anilines is 2. The lowest BCUT2D eigenvalue weighted by Gasteiger charge is -2.15. The van der Waals surface area contributed by atoms with Crippen molar-refractivity contribution in [3.63, 3.8) is 0 Å². The summed E-state index contributed by atoms with van der Waals surface area (Å²) in [4.78, 5) is 25.1. The van der Waals surface area contributed by atoms with Crippen LogP contribution in [0.4, 0.5) is 17.2 Å². The molecule has 1 aliphatic rings. The number of nitro groups is 1. The molecule has 146 valence electrons. The first-order chi connectivity index (χ1) is 14.1. The summed E-state index contributed by atoms with van der Waals surface area (Å²) in [5.74, 6) is 0.461. The molecule has 0 aliphatic carbocycles. The third kappa shape index (κ3) is 4.21. The van der Waals surface area contributed by atoms with Gasteiger partial charge in [0.1, 0.15) is 0 Å². The smallest absolute Gasteiger partial charge is 0.270 e. The Morgan fingerprint density at radius 1 is 1.00 bits per heavy atom. The minimum atomic E-state index is -0.526. The standard InChI is InChI=1S/C21H19N5O3/c27-21(16-6-4-8-18(14-16)26(28)29)22-17-7-3-5-15(13-17)19-9-10-20(24-23-19)25-11-1-2-12-25/h3-10,13-14H,1-2,11-12H2,(H,22,27). The van der Waals surface area contributed by atoms with Crippen LogP contribution in [0.3, 0.4) is 0 Å². The number of carbonyl (C=O) groups excluding carboxylic acids is 1. The zero-order chi connectivity index (χ0) is 20.2. The SMILES string of the molecule is O=C(Nc1cccc(-c2ccc(N3CCCC3)nn2)c1)c1cccc([N+](=O)[O-])c1. The molecule has 0 atom stereocenters. The molecule has 0 spiro atoms. The van der Waals surface area contributed by atoms with Crippen LogP contribution in [0.1, 0.15) is 23.2 Å². The van der Waals surface area contributed by atoms with E-state index in [1.807, 2.05) is 24.3 Å². The number of hydrogen-bond donors (Lipinski definition) is 1. The molecule has 1 amide bonds. The Kier molecular flexibility index (Phi) is 5.15. The van der Waals surface area contributed by atoms with E-state index in [2.05, 4.69) is 20.4 Å². The van der Waals surface area contributed by atoms with Crippen LogP contribution in [-0.4, -0.2) is 34.1 Å². The van der Waals surface area contributed by atoms with Crippen LogP contribution in [0.5, 0.6) is 0 Å². The molecule has 8 nitrogen and oxygen atoms in total. The van der Waals surface area contributed by atoms with Gasteiger partial charge in [-0.2, -0.15) is 0 Å². The second-order valence-electron chi connectivity index (χ2n) is 6.81. The van der Waals surface area contributed by atoms with E-state index in [1.54, 1.807) is 12.1 Å². The third-order valence-electron chi connectivity index (χ3n) is 4.82. The second kappa shape index (κ2) is 8.05.